The molecule has 0 bridgehead atoms. The Balaban J connectivity index is 1.84. The van der Waals surface area contributed by atoms with Crippen LogP contribution >= 0.6 is 0 Å². The number of hydrogen-bond donors (Lipinski definition) is 3. The van der Waals surface area contributed by atoms with Crippen LogP contribution in [-0.2, 0) is 6.54 Å². The highest BCUT2D eigenvalue weighted by Crippen LogP contribution is 2.24. The summed E-state index contributed by atoms with van der Waals surface area (Å²) in [7, 11) is 0. The number of aryl methyl sites for hydroxylation is 1. The Labute approximate surface area is 114 Å². The summed E-state index contributed by atoms with van der Waals surface area (Å²) in [5.74, 6) is 0.197. The summed E-state index contributed by atoms with van der Waals surface area (Å²) >= 11 is 0. The van der Waals surface area contributed by atoms with Crippen LogP contribution in [0, 0.1) is 12.8 Å². The number of nitrogens with one attached hydrogen (secondary N) is 1. The van der Waals surface area contributed by atoms with Gasteiger partial charge in [-0.05, 0) is 61.9 Å². The van der Waals surface area contributed by atoms with E-state index in [4.69, 9.17) is 5.73 Å². The lowest BCUT2D eigenvalue weighted by Crippen LogP contribution is -2.22. The Kier molecular flexibility index (Phi) is 4.56. The minimum Gasteiger partial charge on any atom is -0.393 e. The zero-order valence-corrected chi connectivity index (χ0v) is 11.4. The predicted octanol–water partition coefficient (Wildman–Crippen LogP) is 1.34. The number of rotatable bonds is 5. The van der Waals surface area contributed by atoms with Crippen LogP contribution < -0.4 is 11.1 Å². The first-order chi connectivity index (χ1) is 9.06. The van der Waals surface area contributed by atoms with Crippen molar-refractivity contribution in [3.63, 3.8) is 0 Å². The van der Waals surface area contributed by atoms with Crippen molar-refractivity contribution in [2.45, 2.75) is 38.8 Å². The van der Waals surface area contributed by atoms with Crippen LogP contribution in [0.4, 0.5) is 0 Å². The van der Waals surface area contributed by atoms with Gasteiger partial charge in [-0.3, -0.25) is 4.79 Å². The zero-order valence-electron chi connectivity index (χ0n) is 11.4. The van der Waals surface area contributed by atoms with Crippen LogP contribution in [0.15, 0.2) is 18.2 Å². The molecule has 1 aromatic rings. The number of primary amides is 1. The Morgan fingerprint density at radius 2 is 2.26 bits per heavy atom. The highest BCUT2D eigenvalue weighted by molar-refractivity contribution is 5.93. The van der Waals surface area contributed by atoms with Crippen molar-refractivity contribution >= 4 is 5.91 Å². The molecule has 0 spiro atoms. The summed E-state index contributed by atoms with van der Waals surface area (Å²) in [4.78, 5) is 11.1. The Hall–Kier alpha value is -1.39. The van der Waals surface area contributed by atoms with Crippen LogP contribution in [0.2, 0.25) is 0 Å². The normalized spacial score (nSPS) is 22.6. The molecular weight excluding hydrogens is 240 g/mol. The zero-order chi connectivity index (χ0) is 13.8. The van der Waals surface area contributed by atoms with Crippen molar-refractivity contribution in [2.75, 3.05) is 6.54 Å². The molecule has 2 atom stereocenters. The standard InChI is InChI=1S/C15H22N2O2/c1-10-6-12(15(16)19)3-4-13(10)9-17-8-11-2-5-14(18)7-11/h3-4,6,11,14,17-18H,2,5,7-9H2,1H3,(H2,16,19). The summed E-state index contributed by atoms with van der Waals surface area (Å²) in [6.07, 6.45) is 2.84. The van der Waals surface area contributed by atoms with E-state index < -0.39 is 0 Å². The molecular formula is C15H22N2O2. The maximum Gasteiger partial charge on any atom is 0.248 e. The van der Waals surface area contributed by atoms with E-state index in [1.54, 1.807) is 6.07 Å². The van der Waals surface area contributed by atoms with E-state index in [9.17, 15) is 9.90 Å². The largest absolute Gasteiger partial charge is 0.393 e. The molecule has 1 saturated carbocycles. The van der Waals surface area contributed by atoms with Gasteiger partial charge in [-0.2, -0.15) is 0 Å². The smallest absolute Gasteiger partial charge is 0.248 e. The first kappa shape index (κ1) is 14.0. The highest BCUT2D eigenvalue weighted by atomic mass is 16.3. The predicted molar refractivity (Wildman–Crippen MR) is 74.8 cm³/mol. The molecule has 0 saturated heterocycles. The number of amides is 1. The molecule has 104 valence electrons. The van der Waals surface area contributed by atoms with Crippen molar-refractivity contribution in [3.8, 4) is 0 Å². The third-order valence-electron chi connectivity index (χ3n) is 3.89. The Morgan fingerprint density at radius 1 is 1.47 bits per heavy atom. The minimum absolute atomic E-state index is 0.108. The topological polar surface area (TPSA) is 75.4 Å². The molecule has 1 amide bonds. The van der Waals surface area contributed by atoms with E-state index in [1.165, 1.54) is 5.56 Å². The van der Waals surface area contributed by atoms with E-state index in [0.29, 0.717) is 11.5 Å². The lowest BCUT2D eigenvalue weighted by atomic mass is 10.0. The van der Waals surface area contributed by atoms with Gasteiger partial charge in [0.25, 0.3) is 0 Å². The minimum atomic E-state index is -0.387. The van der Waals surface area contributed by atoms with Gasteiger partial charge in [0.1, 0.15) is 0 Å². The first-order valence-electron chi connectivity index (χ1n) is 6.84. The lowest BCUT2D eigenvalue weighted by molar-refractivity contribution is 0.1000. The average molecular weight is 262 g/mol. The maximum absolute atomic E-state index is 11.1. The maximum atomic E-state index is 11.1. The molecule has 2 unspecified atom stereocenters. The molecule has 2 rings (SSSR count). The van der Waals surface area contributed by atoms with E-state index in [1.807, 2.05) is 19.1 Å². The summed E-state index contributed by atoms with van der Waals surface area (Å²) in [5.41, 5.74) is 8.07. The second kappa shape index (κ2) is 6.17. The number of hydrogen-bond acceptors (Lipinski definition) is 3. The fraction of sp³-hybridized carbons (Fsp3) is 0.533. The SMILES string of the molecule is Cc1cc(C(N)=O)ccc1CNCC1CCC(O)C1. The molecule has 0 heterocycles. The van der Waals surface area contributed by atoms with Crippen LogP contribution in [0.25, 0.3) is 0 Å². The van der Waals surface area contributed by atoms with E-state index in [-0.39, 0.29) is 12.0 Å². The van der Waals surface area contributed by atoms with E-state index in [0.717, 1.165) is 37.9 Å². The molecule has 0 radical (unpaired) electrons. The Morgan fingerprint density at radius 3 is 2.84 bits per heavy atom. The van der Waals surface area contributed by atoms with Crippen molar-refractivity contribution in [3.05, 3.63) is 34.9 Å². The molecule has 19 heavy (non-hydrogen) atoms. The van der Waals surface area contributed by atoms with Gasteiger partial charge in [0.15, 0.2) is 0 Å². The van der Waals surface area contributed by atoms with Crippen LogP contribution in [0.3, 0.4) is 0 Å². The van der Waals surface area contributed by atoms with Crippen molar-refractivity contribution in [1.82, 2.24) is 5.32 Å². The van der Waals surface area contributed by atoms with Crippen molar-refractivity contribution in [1.29, 1.82) is 0 Å². The monoisotopic (exact) mass is 262 g/mol. The molecule has 0 aromatic heterocycles. The average Bonchev–Trinajstić information content (AvgIpc) is 2.77. The fourth-order valence-electron chi connectivity index (χ4n) is 2.69. The second-order valence-corrected chi connectivity index (χ2v) is 5.47. The van der Waals surface area contributed by atoms with Crippen LogP contribution in [0.1, 0.15) is 40.7 Å². The first-order valence-corrected chi connectivity index (χ1v) is 6.84. The molecule has 4 N–H and O–H groups in total. The third-order valence-corrected chi connectivity index (χ3v) is 3.89. The summed E-state index contributed by atoms with van der Waals surface area (Å²) < 4.78 is 0. The molecule has 1 aliphatic carbocycles. The quantitative estimate of drug-likeness (QED) is 0.749. The van der Waals surface area contributed by atoms with Gasteiger partial charge >= 0.3 is 0 Å². The van der Waals surface area contributed by atoms with Gasteiger partial charge in [-0.25, -0.2) is 0 Å². The summed E-state index contributed by atoms with van der Waals surface area (Å²) in [6, 6.07) is 5.55. The number of carbonyl (C=O) groups is 1. The Bertz CT molecular complexity index is 459. The molecule has 1 aliphatic rings. The van der Waals surface area contributed by atoms with E-state index >= 15 is 0 Å². The van der Waals surface area contributed by atoms with Gasteiger partial charge in [0.2, 0.25) is 5.91 Å². The van der Waals surface area contributed by atoms with Crippen molar-refractivity contribution < 1.29 is 9.90 Å². The summed E-state index contributed by atoms with van der Waals surface area (Å²) in [6.45, 7) is 3.72. The third kappa shape index (κ3) is 3.78. The van der Waals surface area contributed by atoms with Crippen LogP contribution in [-0.4, -0.2) is 23.7 Å². The molecule has 1 fully saturated rings. The van der Waals surface area contributed by atoms with Crippen molar-refractivity contribution in [2.24, 2.45) is 11.7 Å². The van der Waals surface area contributed by atoms with Crippen LogP contribution in [0.5, 0.6) is 0 Å². The van der Waals surface area contributed by atoms with Gasteiger partial charge in [-0.1, -0.05) is 6.07 Å². The molecule has 4 nitrogen and oxygen atoms in total. The highest BCUT2D eigenvalue weighted by Gasteiger charge is 2.22. The second-order valence-electron chi connectivity index (χ2n) is 5.47. The fourth-order valence-corrected chi connectivity index (χ4v) is 2.69. The number of nitrogens with two attached hydrogens (primary N) is 1. The number of carbonyl (C=O) groups excluding carboxylic acids is 1. The van der Waals surface area contributed by atoms with Gasteiger partial charge in [0, 0.05) is 12.1 Å². The van der Waals surface area contributed by atoms with Gasteiger partial charge < -0.3 is 16.2 Å². The van der Waals surface area contributed by atoms with Gasteiger partial charge in [-0.15, -0.1) is 0 Å². The van der Waals surface area contributed by atoms with Gasteiger partial charge in [0.05, 0.1) is 6.10 Å². The molecule has 1 aromatic carbocycles. The lowest BCUT2D eigenvalue weighted by Gasteiger charge is -2.12. The van der Waals surface area contributed by atoms with E-state index in [2.05, 4.69) is 5.32 Å². The number of aliphatic hydroxyl groups is 1. The number of benzene rings is 1. The summed E-state index contributed by atoms with van der Waals surface area (Å²) in [5, 5.41) is 12.9. The molecule has 0 aliphatic heterocycles. The molecule has 4 heteroatoms. The number of aliphatic hydroxyl groups excluding tert-OH is 1.